The summed E-state index contributed by atoms with van der Waals surface area (Å²) < 4.78 is 0. The molecule has 8 heteroatoms. The molecule has 0 unspecified atom stereocenters. The molecule has 8 nitrogen and oxygen atoms in total. The van der Waals surface area contributed by atoms with Crippen molar-refractivity contribution < 1.29 is 14.4 Å². The Bertz CT molecular complexity index is 891. The molecule has 31 heavy (non-hydrogen) atoms. The summed E-state index contributed by atoms with van der Waals surface area (Å²) in [6.07, 6.45) is 3.12. The summed E-state index contributed by atoms with van der Waals surface area (Å²) in [5, 5.41) is 11.8. The fraction of sp³-hybridized carbons (Fsp3) is 0.565. The normalized spacial score (nSPS) is 26.8. The molecule has 1 aromatic rings. The van der Waals surface area contributed by atoms with Crippen LogP contribution >= 0.6 is 0 Å². The number of rotatable bonds is 4. The van der Waals surface area contributed by atoms with E-state index in [-0.39, 0.29) is 18.4 Å². The molecule has 1 saturated carbocycles. The lowest BCUT2D eigenvalue weighted by Gasteiger charge is -2.35. The number of amides is 4. The van der Waals surface area contributed by atoms with Crippen LogP contribution in [0.2, 0.25) is 0 Å². The van der Waals surface area contributed by atoms with Gasteiger partial charge in [0, 0.05) is 32.7 Å². The fourth-order valence-electron chi connectivity index (χ4n) is 4.75. The lowest BCUT2D eigenvalue weighted by Crippen LogP contribution is -2.52. The molecule has 0 aromatic heterocycles. The number of piperazine rings is 1. The summed E-state index contributed by atoms with van der Waals surface area (Å²) in [7, 11) is 0. The van der Waals surface area contributed by atoms with E-state index in [1.165, 1.54) is 0 Å². The summed E-state index contributed by atoms with van der Waals surface area (Å²) in [4.78, 5) is 43.3. The lowest BCUT2D eigenvalue weighted by atomic mass is 9.77. The molecule has 2 saturated heterocycles. The molecule has 2 aliphatic heterocycles. The van der Waals surface area contributed by atoms with Gasteiger partial charge in [-0.05, 0) is 49.3 Å². The predicted molar refractivity (Wildman–Crippen MR) is 114 cm³/mol. The Morgan fingerprint density at radius 3 is 2.39 bits per heavy atom. The van der Waals surface area contributed by atoms with Crippen molar-refractivity contribution in [3.05, 3.63) is 35.4 Å². The highest BCUT2D eigenvalue weighted by atomic mass is 16.2. The average molecular weight is 424 g/mol. The molecule has 1 aliphatic carbocycles. The first-order valence-corrected chi connectivity index (χ1v) is 11.0. The molecule has 3 aliphatic rings. The number of nitrogens with zero attached hydrogens (tertiary/aromatic N) is 4. The summed E-state index contributed by atoms with van der Waals surface area (Å²) >= 11 is 0. The highest BCUT2D eigenvalue weighted by Crippen LogP contribution is 2.36. The van der Waals surface area contributed by atoms with Crippen molar-refractivity contribution in [3.63, 3.8) is 0 Å². The van der Waals surface area contributed by atoms with E-state index in [9.17, 15) is 14.4 Å². The van der Waals surface area contributed by atoms with Crippen molar-refractivity contribution in [2.75, 3.05) is 32.7 Å². The average Bonchev–Trinajstić information content (AvgIpc) is 3.01. The van der Waals surface area contributed by atoms with Crippen LogP contribution in [0.15, 0.2) is 24.3 Å². The third kappa shape index (κ3) is 4.42. The van der Waals surface area contributed by atoms with Crippen LogP contribution in [0.5, 0.6) is 0 Å². The van der Waals surface area contributed by atoms with Crippen LogP contribution in [0, 0.1) is 17.2 Å². The minimum atomic E-state index is -0.802. The Morgan fingerprint density at radius 1 is 1.13 bits per heavy atom. The van der Waals surface area contributed by atoms with E-state index < -0.39 is 11.6 Å². The Labute approximate surface area is 182 Å². The smallest absolute Gasteiger partial charge is 0.325 e. The number of benzene rings is 1. The molecule has 4 rings (SSSR count). The van der Waals surface area contributed by atoms with Gasteiger partial charge in [-0.15, -0.1) is 0 Å². The van der Waals surface area contributed by atoms with Gasteiger partial charge in [0.25, 0.3) is 5.91 Å². The first kappa shape index (κ1) is 21.3. The maximum atomic E-state index is 13.0. The molecule has 2 heterocycles. The fourth-order valence-corrected chi connectivity index (χ4v) is 4.75. The van der Waals surface area contributed by atoms with Crippen molar-refractivity contribution in [2.24, 2.45) is 5.92 Å². The van der Waals surface area contributed by atoms with Gasteiger partial charge in [0.15, 0.2) is 0 Å². The Balaban J connectivity index is 1.28. The zero-order valence-corrected chi connectivity index (χ0v) is 18.0. The van der Waals surface area contributed by atoms with Gasteiger partial charge in [0.1, 0.15) is 12.1 Å². The zero-order valence-electron chi connectivity index (χ0n) is 18.0. The predicted octanol–water partition coefficient (Wildman–Crippen LogP) is 1.70. The number of nitrogens with one attached hydrogen (secondary N) is 1. The number of hydrogen-bond acceptors (Lipinski definition) is 5. The molecule has 0 atom stereocenters. The minimum Gasteiger partial charge on any atom is -0.339 e. The molecule has 1 spiro atoms. The van der Waals surface area contributed by atoms with Gasteiger partial charge in [0.05, 0.1) is 11.6 Å². The second-order valence-electron chi connectivity index (χ2n) is 9.05. The van der Waals surface area contributed by atoms with E-state index in [1.807, 2.05) is 24.3 Å². The van der Waals surface area contributed by atoms with E-state index in [0.717, 1.165) is 42.9 Å². The van der Waals surface area contributed by atoms with E-state index in [0.29, 0.717) is 37.4 Å². The first-order valence-electron chi connectivity index (χ1n) is 11.0. The van der Waals surface area contributed by atoms with Crippen LogP contribution in [0.4, 0.5) is 4.79 Å². The van der Waals surface area contributed by atoms with Gasteiger partial charge in [-0.2, -0.15) is 5.26 Å². The van der Waals surface area contributed by atoms with Crippen LogP contribution in [0.25, 0.3) is 0 Å². The van der Waals surface area contributed by atoms with Gasteiger partial charge in [-0.3, -0.25) is 19.4 Å². The number of imide groups is 1. The molecular formula is C23H29N5O3. The van der Waals surface area contributed by atoms with Crippen LogP contribution in [-0.4, -0.2) is 70.8 Å². The maximum Gasteiger partial charge on any atom is 0.325 e. The number of carbonyl (C=O) groups excluding carboxylic acids is 3. The van der Waals surface area contributed by atoms with Gasteiger partial charge in [0.2, 0.25) is 5.91 Å². The molecule has 4 amide bonds. The monoisotopic (exact) mass is 423 g/mol. The molecule has 1 aromatic carbocycles. The molecule has 3 fully saturated rings. The van der Waals surface area contributed by atoms with Gasteiger partial charge < -0.3 is 10.2 Å². The van der Waals surface area contributed by atoms with Crippen molar-refractivity contribution in [3.8, 4) is 6.07 Å². The second kappa shape index (κ2) is 8.67. The van der Waals surface area contributed by atoms with Gasteiger partial charge in [-0.1, -0.05) is 19.1 Å². The maximum absolute atomic E-state index is 13.0. The summed E-state index contributed by atoms with van der Waals surface area (Å²) in [5.41, 5.74) is 0.971. The number of urea groups is 1. The quantitative estimate of drug-likeness (QED) is 0.744. The lowest BCUT2D eigenvalue weighted by molar-refractivity contribution is -0.140. The van der Waals surface area contributed by atoms with Crippen LogP contribution in [-0.2, 0) is 16.1 Å². The SMILES string of the molecule is CC1CCC2(CC1)NC(=O)N(CC(=O)N1CCN(Cc3ccc(C#N)cc3)CC1)C2=O. The number of carbonyl (C=O) groups is 3. The first-order chi connectivity index (χ1) is 14.9. The third-order valence-corrected chi connectivity index (χ3v) is 6.88. The number of nitriles is 1. The Hall–Kier alpha value is -2.92. The summed E-state index contributed by atoms with van der Waals surface area (Å²) in [6.45, 7) is 5.35. The second-order valence-corrected chi connectivity index (χ2v) is 9.05. The standard InChI is InChI=1S/C23H29N5O3/c1-17-6-8-23(9-7-17)21(30)28(22(31)25-23)16-20(29)27-12-10-26(11-13-27)15-19-4-2-18(14-24)3-5-19/h2-5,17H,6-13,15-16H2,1H3,(H,25,31). The molecule has 0 bridgehead atoms. The molecule has 1 N–H and O–H groups in total. The van der Waals surface area contributed by atoms with E-state index in [2.05, 4.69) is 23.2 Å². The van der Waals surface area contributed by atoms with Crippen LogP contribution < -0.4 is 5.32 Å². The van der Waals surface area contributed by atoms with Crippen LogP contribution in [0.3, 0.4) is 0 Å². The molecule has 164 valence electrons. The number of hydrogen-bond donors (Lipinski definition) is 1. The Kier molecular flexibility index (Phi) is 5.96. The minimum absolute atomic E-state index is 0.178. The highest BCUT2D eigenvalue weighted by molar-refractivity contribution is 6.09. The Morgan fingerprint density at radius 2 is 1.77 bits per heavy atom. The topological polar surface area (TPSA) is 96.8 Å². The molecular weight excluding hydrogens is 394 g/mol. The van der Waals surface area contributed by atoms with Crippen molar-refractivity contribution >= 4 is 17.8 Å². The summed E-state index contributed by atoms with van der Waals surface area (Å²) in [6, 6.07) is 9.21. The van der Waals surface area contributed by atoms with Crippen molar-refractivity contribution in [1.29, 1.82) is 5.26 Å². The summed E-state index contributed by atoms with van der Waals surface area (Å²) in [5.74, 6) is 0.145. The van der Waals surface area contributed by atoms with Gasteiger partial charge >= 0.3 is 6.03 Å². The zero-order chi connectivity index (χ0) is 22.0. The van der Waals surface area contributed by atoms with Crippen molar-refractivity contribution in [2.45, 2.75) is 44.7 Å². The highest BCUT2D eigenvalue weighted by Gasteiger charge is 2.52. The third-order valence-electron chi connectivity index (χ3n) is 6.88. The van der Waals surface area contributed by atoms with E-state index in [1.54, 1.807) is 4.90 Å². The van der Waals surface area contributed by atoms with Gasteiger partial charge in [-0.25, -0.2) is 4.79 Å². The largest absolute Gasteiger partial charge is 0.339 e. The molecule has 0 radical (unpaired) electrons. The van der Waals surface area contributed by atoms with E-state index >= 15 is 0 Å². The van der Waals surface area contributed by atoms with Crippen LogP contribution in [0.1, 0.15) is 43.7 Å². The van der Waals surface area contributed by atoms with E-state index in [4.69, 9.17) is 5.26 Å². The van der Waals surface area contributed by atoms with Crippen molar-refractivity contribution in [1.82, 2.24) is 20.0 Å².